The Morgan fingerprint density at radius 3 is 2.47 bits per heavy atom. The molecule has 5 nitrogen and oxygen atoms in total. The summed E-state index contributed by atoms with van der Waals surface area (Å²) in [4.78, 5) is 13.5. The molecule has 1 rings (SSSR count). The van der Waals surface area contributed by atoms with Crippen LogP contribution in [-0.2, 0) is 4.74 Å². The zero-order valence-electron chi connectivity index (χ0n) is 10.7. The van der Waals surface area contributed by atoms with E-state index in [1.165, 1.54) is 0 Å². The van der Waals surface area contributed by atoms with Crippen molar-refractivity contribution in [3.63, 3.8) is 0 Å². The van der Waals surface area contributed by atoms with Crippen LogP contribution in [0.25, 0.3) is 0 Å². The van der Waals surface area contributed by atoms with Crippen LogP contribution in [0.15, 0.2) is 0 Å². The third-order valence-corrected chi connectivity index (χ3v) is 2.52. The highest BCUT2D eigenvalue weighted by atomic mass is 35.5. The lowest BCUT2D eigenvalue weighted by Gasteiger charge is -2.34. The minimum absolute atomic E-state index is 0. The van der Waals surface area contributed by atoms with Gasteiger partial charge in [-0.3, -0.25) is 16.0 Å². The number of carbonyl (C=O) groups excluding carboxylic acids is 1. The lowest BCUT2D eigenvalue weighted by molar-refractivity contribution is -0.124. The molecule has 1 unspecified atom stereocenters. The highest BCUT2D eigenvalue weighted by Crippen LogP contribution is 2.19. The van der Waals surface area contributed by atoms with E-state index in [-0.39, 0.29) is 24.5 Å². The van der Waals surface area contributed by atoms with Crippen LogP contribution in [0.4, 0.5) is 4.79 Å². The van der Waals surface area contributed by atoms with Crippen LogP contribution in [0, 0.1) is 0 Å². The number of amides is 1. The molecular formula is C11H22ClN3O2. The molecule has 1 saturated heterocycles. The lowest BCUT2D eigenvalue weighted by Crippen LogP contribution is -3.00. The molecule has 1 heterocycles. The maximum absolute atomic E-state index is 11.9. The van der Waals surface area contributed by atoms with Crippen molar-refractivity contribution in [2.24, 2.45) is 5.73 Å². The molecule has 1 aliphatic heterocycles. The van der Waals surface area contributed by atoms with Crippen molar-refractivity contribution in [1.82, 2.24) is 4.90 Å². The molecule has 4 N–H and O–H groups in total. The largest absolute Gasteiger partial charge is 1.00 e. The maximum atomic E-state index is 11.9. The fourth-order valence-electron chi connectivity index (χ4n) is 1.82. The number of nitrogens with zero attached hydrogens (tertiary/aromatic N) is 1. The first-order valence-electron chi connectivity index (χ1n) is 5.68. The van der Waals surface area contributed by atoms with Crippen molar-refractivity contribution in [2.75, 3.05) is 6.54 Å². The first-order valence-corrected chi connectivity index (χ1v) is 5.68. The molecule has 0 spiro atoms. The summed E-state index contributed by atoms with van der Waals surface area (Å²) >= 11 is 0. The molecule has 0 aromatic carbocycles. The Hall–Kier alpha value is -0.970. The number of nitrogens with two attached hydrogens (primary N) is 2. The van der Waals surface area contributed by atoms with Crippen molar-refractivity contribution >= 4 is 11.9 Å². The number of hydrogen-bond donors (Lipinski definition) is 2. The average Bonchev–Trinajstić information content (AvgIpc) is 2.15. The van der Waals surface area contributed by atoms with Gasteiger partial charge in [-0.2, -0.15) is 0 Å². The van der Waals surface area contributed by atoms with Gasteiger partial charge < -0.3 is 17.1 Å². The van der Waals surface area contributed by atoms with Crippen LogP contribution in [0.1, 0.15) is 40.0 Å². The van der Waals surface area contributed by atoms with Crippen LogP contribution in [-0.4, -0.2) is 35.0 Å². The predicted molar refractivity (Wildman–Crippen MR) is 61.7 cm³/mol. The third kappa shape index (κ3) is 4.81. The van der Waals surface area contributed by atoms with Crippen molar-refractivity contribution in [1.29, 1.82) is 0 Å². The molecule has 17 heavy (non-hydrogen) atoms. The van der Waals surface area contributed by atoms with Gasteiger partial charge in [0.1, 0.15) is 11.6 Å². The summed E-state index contributed by atoms with van der Waals surface area (Å²) in [6, 6.07) is -0.177. The number of halogens is 1. The highest BCUT2D eigenvalue weighted by Gasteiger charge is 2.34. The number of hydrogen-bond acceptors (Lipinski definition) is 2. The molecule has 0 aliphatic carbocycles. The number of piperidine rings is 1. The van der Waals surface area contributed by atoms with Crippen LogP contribution >= 0.6 is 0 Å². The molecule has 1 atom stereocenters. The number of amidine groups is 1. The summed E-state index contributed by atoms with van der Waals surface area (Å²) in [5, 5.41) is 5.60. The molecule has 0 saturated carbocycles. The summed E-state index contributed by atoms with van der Waals surface area (Å²) in [6.07, 6.45) is 2.51. The molecule has 1 aliphatic rings. The zero-order valence-corrected chi connectivity index (χ0v) is 11.5. The second-order valence-corrected chi connectivity index (χ2v) is 5.19. The van der Waals surface area contributed by atoms with Crippen LogP contribution in [0.5, 0.6) is 0 Å². The Morgan fingerprint density at radius 2 is 2.00 bits per heavy atom. The van der Waals surface area contributed by atoms with Gasteiger partial charge in [-0.15, -0.1) is 0 Å². The molecule has 0 radical (unpaired) electrons. The maximum Gasteiger partial charge on any atom is 0.411 e. The van der Waals surface area contributed by atoms with Gasteiger partial charge in [-0.25, -0.2) is 4.79 Å². The molecule has 1 fully saturated rings. The Bertz CT molecular complexity index is 289. The van der Waals surface area contributed by atoms with E-state index in [0.29, 0.717) is 12.4 Å². The van der Waals surface area contributed by atoms with Gasteiger partial charge in [-0.05, 0) is 40.0 Å². The first kappa shape index (κ1) is 16.0. The second kappa shape index (κ2) is 6.10. The van der Waals surface area contributed by atoms with E-state index in [1.54, 1.807) is 4.90 Å². The Balaban J connectivity index is 0.00000256. The molecule has 6 heteroatoms. The zero-order chi connectivity index (χ0) is 12.3. The fraction of sp³-hybridized carbons (Fsp3) is 0.818. The highest BCUT2D eigenvalue weighted by molar-refractivity contribution is 5.84. The Labute approximate surface area is 109 Å². The summed E-state index contributed by atoms with van der Waals surface area (Å²) in [5.74, 6) is 0.297. The van der Waals surface area contributed by atoms with E-state index in [9.17, 15) is 4.79 Å². The van der Waals surface area contributed by atoms with Gasteiger partial charge in [0.05, 0.1) is 0 Å². The van der Waals surface area contributed by atoms with Crippen molar-refractivity contribution in [2.45, 2.75) is 51.7 Å². The minimum Gasteiger partial charge on any atom is -1.00 e. The SMILES string of the molecule is CC(C)(C)OC(=O)N1CCCCC1C(N)=[NH2+].[Cl-]. The Kier molecular flexibility index (Phi) is 5.75. The summed E-state index contributed by atoms with van der Waals surface area (Å²) in [5.41, 5.74) is 5.12. The van der Waals surface area contributed by atoms with Crippen molar-refractivity contribution in [3.05, 3.63) is 0 Å². The van der Waals surface area contributed by atoms with Gasteiger partial charge in [0, 0.05) is 6.54 Å². The summed E-state index contributed by atoms with van der Waals surface area (Å²) in [7, 11) is 0. The standard InChI is InChI=1S/C11H21N3O2.ClH/c1-11(2,3)16-10(15)14-7-5-4-6-8(14)9(12)13;/h8H,4-7H2,1-3H3,(H3,12,13);1H. The first-order chi connectivity index (χ1) is 7.31. The smallest absolute Gasteiger partial charge is 0.411 e. The second-order valence-electron chi connectivity index (χ2n) is 5.19. The van der Waals surface area contributed by atoms with Gasteiger partial charge in [0.15, 0.2) is 0 Å². The topological polar surface area (TPSA) is 81.2 Å². The minimum atomic E-state index is -0.484. The predicted octanol–water partition coefficient (Wildman–Crippen LogP) is -3.10. The number of rotatable bonds is 1. The molecule has 0 aromatic rings. The Morgan fingerprint density at radius 1 is 1.41 bits per heavy atom. The normalized spacial score (nSPS) is 20.4. The quantitative estimate of drug-likeness (QED) is 0.388. The van der Waals surface area contributed by atoms with Crippen molar-refractivity contribution < 1.29 is 27.3 Å². The number of carbonyl (C=O) groups is 1. The van der Waals surface area contributed by atoms with Gasteiger partial charge >= 0.3 is 6.09 Å². The third-order valence-electron chi connectivity index (χ3n) is 2.52. The van der Waals surface area contributed by atoms with Crippen LogP contribution in [0.2, 0.25) is 0 Å². The summed E-state index contributed by atoms with van der Waals surface area (Å²) in [6.45, 7) is 6.20. The molecule has 0 aromatic heterocycles. The molecule has 0 bridgehead atoms. The van der Waals surface area contributed by atoms with Gasteiger partial charge in [0.2, 0.25) is 0 Å². The van der Waals surface area contributed by atoms with E-state index in [4.69, 9.17) is 15.9 Å². The number of likely N-dealkylation sites (tertiary alicyclic amines) is 1. The molecular weight excluding hydrogens is 242 g/mol. The van der Waals surface area contributed by atoms with E-state index in [2.05, 4.69) is 0 Å². The van der Waals surface area contributed by atoms with Crippen LogP contribution in [0.3, 0.4) is 0 Å². The van der Waals surface area contributed by atoms with Gasteiger partial charge in [0.25, 0.3) is 5.84 Å². The van der Waals surface area contributed by atoms with Crippen molar-refractivity contribution in [3.8, 4) is 0 Å². The average molecular weight is 264 g/mol. The van der Waals surface area contributed by atoms with Gasteiger partial charge in [-0.1, -0.05) is 0 Å². The van der Waals surface area contributed by atoms with Crippen LogP contribution < -0.4 is 23.5 Å². The van der Waals surface area contributed by atoms with E-state index < -0.39 is 5.60 Å². The molecule has 100 valence electrons. The summed E-state index contributed by atoms with van der Waals surface area (Å²) < 4.78 is 5.32. The van der Waals surface area contributed by atoms with E-state index in [1.807, 2.05) is 20.8 Å². The van der Waals surface area contributed by atoms with E-state index in [0.717, 1.165) is 19.3 Å². The lowest BCUT2D eigenvalue weighted by atomic mass is 10.0. The fourth-order valence-corrected chi connectivity index (χ4v) is 1.82. The number of ether oxygens (including phenoxy) is 1. The molecule has 1 amide bonds. The van der Waals surface area contributed by atoms with E-state index >= 15 is 0 Å². The monoisotopic (exact) mass is 263 g/mol.